The summed E-state index contributed by atoms with van der Waals surface area (Å²) in [6.07, 6.45) is 2.86. The zero-order valence-electron chi connectivity index (χ0n) is 34.7. The van der Waals surface area contributed by atoms with Crippen LogP contribution in [0.5, 0.6) is 0 Å². The summed E-state index contributed by atoms with van der Waals surface area (Å²) in [7, 11) is 0. The average Bonchev–Trinajstić information content (AvgIpc) is 3.78. The molecule has 2 fully saturated rings. The minimum atomic E-state index is -1.59. The molecule has 0 aliphatic carbocycles. The molecule has 20 heteroatoms. The topological polar surface area (TPSA) is 297 Å². The van der Waals surface area contributed by atoms with Crippen molar-refractivity contribution < 1.29 is 43.2 Å². The zero-order chi connectivity index (χ0) is 45.1. The monoisotopic (exact) mass is 874 g/mol. The molecule has 332 valence electrons. The highest BCUT2D eigenvalue weighted by molar-refractivity contribution is 8.00. The van der Waals surface area contributed by atoms with Crippen molar-refractivity contribution in [2.75, 3.05) is 5.75 Å². The number of fused-ring (bicyclic) bond motifs is 1. The maximum Gasteiger partial charge on any atom is 0.325 e. The van der Waals surface area contributed by atoms with E-state index in [1.54, 1.807) is 43.5 Å². The molecule has 2 aromatic carbocycles. The minimum absolute atomic E-state index is 0.0232. The second-order valence-corrected chi connectivity index (χ2v) is 16.6. The second-order valence-electron chi connectivity index (χ2n) is 15.4. The maximum absolute atomic E-state index is 14.5. The van der Waals surface area contributed by atoms with Crippen molar-refractivity contribution >= 4 is 76.0 Å². The van der Waals surface area contributed by atoms with Crippen LogP contribution in [0.3, 0.4) is 0 Å². The fourth-order valence-corrected chi connectivity index (χ4v) is 8.50. The number of imide groups is 1. The lowest BCUT2D eigenvalue weighted by Crippen LogP contribution is -2.60. The quantitative estimate of drug-likeness (QED) is 0.0852. The largest absolute Gasteiger partial charge is 0.368 e. The third-order valence-electron chi connectivity index (χ3n) is 10.8. The third-order valence-corrected chi connectivity index (χ3v) is 12.2. The molecule has 2 aliphatic rings. The van der Waals surface area contributed by atoms with Crippen LogP contribution in [0.15, 0.2) is 60.8 Å². The predicted octanol–water partition coefficient (Wildman–Crippen LogP) is -0.238. The number of thioether (sulfide) groups is 1. The lowest BCUT2D eigenvalue weighted by atomic mass is 10.0. The number of hydrogen-bond donors (Lipinski definition) is 9. The van der Waals surface area contributed by atoms with Crippen molar-refractivity contribution in [3.8, 4) is 0 Å². The number of nitrogens with zero attached hydrogens (tertiary/aromatic N) is 1. The molecule has 1 aromatic heterocycles. The number of H-pyrrole nitrogens is 1. The fraction of sp³-hybridized carbons (Fsp3) is 0.452. The van der Waals surface area contributed by atoms with Crippen LogP contribution in [-0.4, -0.2) is 116 Å². The molecule has 11 N–H and O–H groups in total. The summed E-state index contributed by atoms with van der Waals surface area (Å²) in [6, 6.07) is 6.25. The van der Waals surface area contributed by atoms with E-state index in [4.69, 9.17) is 11.5 Å². The lowest BCUT2D eigenvalue weighted by Gasteiger charge is -2.30. The Balaban J connectivity index is 1.53. The number of primary amides is 2. The van der Waals surface area contributed by atoms with Crippen molar-refractivity contribution in [1.29, 1.82) is 0 Å². The Morgan fingerprint density at radius 3 is 2.10 bits per heavy atom. The van der Waals surface area contributed by atoms with Gasteiger partial charge in [-0.25, -0.2) is 9.69 Å². The first-order chi connectivity index (χ1) is 29.6. The molecule has 62 heavy (non-hydrogen) atoms. The number of para-hydroxylation sites is 1. The summed E-state index contributed by atoms with van der Waals surface area (Å²) in [4.78, 5) is 126. The first-order valence-corrected chi connectivity index (χ1v) is 21.6. The van der Waals surface area contributed by atoms with Crippen LogP contribution in [0.1, 0.15) is 64.0 Å². The van der Waals surface area contributed by atoms with Crippen LogP contribution in [0.2, 0.25) is 0 Å². The van der Waals surface area contributed by atoms with E-state index in [1.807, 2.05) is 31.2 Å². The Labute approximate surface area is 362 Å². The Morgan fingerprint density at radius 2 is 1.42 bits per heavy atom. The molecule has 5 rings (SSSR count). The number of aromatic nitrogens is 1. The lowest BCUT2D eigenvalue weighted by molar-refractivity contribution is -0.136. The van der Waals surface area contributed by atoms with Crippen molar-refractivity contribution in [2.45, 2.75) is 113 Å². The Bertz CT molecular complexity index is 2170. The Morgan fingerprint density at radius 1 is 0.790 bits per heavy atom. The van der Waals surface area contributed by atoms with E-state index < -0.39 is 113 Å². The van der Waals surface area contributed by atoms with Gasteiger partial charge in [0.05, 0.1) is 5.25 Å². The number of hydrogen-bond acceptors (Lipinski definition) is 10. The van der Waals surface area contributed by atoms with Crippen LogP contribution in [0.25, 0.3) is 10.9 Å². The van der Waals surface area contributed by atoms with Crippen LogP contribution in [0.4, 0.5) is 4.79 Å². The standard InChI is InChI=1S/C42H54N10O9S/c1-4-6-15-28-41(60)52(42(61)51-28)32(39(58)46-22(3)34(43)53)21-62-33-19-29(35(44)54)48-38(57)31(18-24-20-45-27-16-11-10-14-25(24)27)49-36(55)26(5-2)47-37(56)30(50-40(33)59)17-23-12-8-7-9-13-23/h7-14,16,20,22,26,28-33,45H,4-6,15,17-19,21H2,1-3H3,(H2,43,53)(H2,44,54)(H,46,58)(H,47,56)(H,48,57)(H,49,55)(H,50,59)(H,51,61)/t22-,26+,28+,29+,30-,31+,32+,33?/m1/s1. The van der Waals surface area contributed by atoms with Gasteiger partial charge in [-0.3, -0.25) is 38.4 Å². The summed E-state index contributed by atoms with van der Waals surface area (Å²) in [5.41, 5.74) is 13.4. The van der Waals surface area contributed by atoms with Gasteiger partial charge in [-0.2, -0.15) is 0 Å². The highest BCUT2D eigenvalue weighted by Crippen LogP contribution is 2.25. The molecule has 0 saturated carbocycles. The molecule has 19 nitrogen and oxygen atoms in total. The van der Waals surface area contributed by atoms with E-state index in [0.717, 1.165) is 34.0 Å². The minimum Gasteiger partial charge on any atom is -0.368 e. The summed E-state index contributed by atoms with van der Waals surface area (Å²) in [6.45, 7) is 4.89. The van der Waals surface area contributed by atoms with E-state index in [9.17, 15) is 43.2 Å². The van der Waals surface area contributed by atoms with Crippen LogP contribution in [-0.2, 0) is 51.2 Å². The Hall–Kier alpha value is -6.44. The van der Waals surface area contributed by atoms with Gasteiger partial charge >= 0.3 is 6.03 Å². The van der Waals surface area contributed by atoms with E-state index in [1.165, 1.54) is 6.92 Å². The van der Waals surface area contributed by atoms with E-state index in [0.29, 0.717) is 24.0 Å². The fourth-order valence-electron chi connectivity index (χ4n) is 7.24. The number of nitrogens with one attached hydrogen (secondary N) is 7. The normalized spacial score (nSPS) is 23.6. The van der Waals surface area contributed by atoms with Gasteiger partial charge in [0, 0.05) is 35.7 Å². The summed E-state index contributed by atoms with van der Waals surface area (Å²) >= 11 is 0.763. The molecule has 0 bridgehead atoms. The number of unbranched alkanes of at least 4 members (excludes halogenated alkanes) is 1. The number of carbonyl (C=O) groups is 9. The van der Waals surface area contributed by atoms with Gasteiger partial charge in [0.15, 0.2) is 0 Å². The summed E-state index contributed by atoms with van der Waals surface area (Å²) in [5, 5.41) is 15.2. The van der Waals surface area contributed by atoms with Crippen molar-refractivity contribution in [1.82, 2.24) is 41.8 Å². The van der Waals surface area contributed by atoms with E-state index >= 15 is 0 Å². The second kappa shape index (κ2) is 21.4. The van der Waals surface area contributed by atoms with Crippen LogP contribution in [0, 0.1) is 0 Å². The molecule has 3 aromatic rings. The van der Waals surface area contributed by atoms with Gasteiger partial charge in [-0.1, -0.05) is 75.2 Å². The van der Waals surface area contributed by atoms with Crippen LogP contribution < -0.4 is 43.4 Å². The highest BCUT2D eigenvalue weighted by Gasteiger charge is 2.45. The number of carbonyl (C=O) groups excluding carboxylic acids is 9. The number of nitrogens with two attached hydrogens (primary N) is 2. The molecular formula is C42H54N10O9S. The molecule has 0 radical (unpaired) electrons. The summed E-state index contributed by atoms with van der Waals surface area (Å²) < 4.78 is 0. The van der Waals surface area contributed by atoms with Crippen molar-refractivity contribution in [2.24, 2.45) is 11.5 Å². The van der Waals surface area contributed by atoms with E-state index in [2.05, 4.69) is 36.9 Å². The van der Waals surface area contributed by atoms with Crippen LogP contribution >= 0.6 is 11.8 Å². The molecule has 3 heterocycles. The molecule has 2 aliphatic heterocycles. The predicted molar refractivity (Wildman–Crippen MR) is 229 cm³/mol. The number of urea groups is 1. The first-order valence-electron chi connectivity index (χ1n) is 20.6. The van der Waals surface area contributed by atoms with Gasteiger partial charge in [-0.15, -0.1) is 11.8 Å². The molecule has 1 unspecified atom stereocenters. The number of benzene rings is 2. The summed E-state index contributed by atoms with van der Waals surface area (Å²) in [5.74, 6) is -7.02. The van der Waals surface area contributed by atoms with Crippen molar-refractivity contribution in [3.05, 3.63) is 71.9 Å². The van der Waals surface area contributed by atoms with E-state index in [-0.39, 0.29) is 19.3 Å². The average molecular weight is 875 g/mol. The smallest absolute Gasteiger partial charge is 0.325 e. The third kappa shape index (κ3) is 11.7. The maximum atomic E-state index is 14.5. The Kier molecular flexibility index (Phi) is 16.1. The first kappa shape index (κ1) is 46.6. The molecule has 10 amide bonds. The van der Waals surface area contributed by atoms with Crippen molar-refractivity contribution in [3.63, 3.8) is 0 Å². The number of aromatic amines is 1. The zero-order valence-corrected chi connectivity index (χ0v) is 35.6. The van der Waals surface area contributed by atoms with Gasteiger partial charge in [0.1, 0.15) is 42.3 Å². The molecule has 0 spiro atoms. The van der Waals surface area contributed by atoms with Gasteiger partial charge in [0.2, 0.25) is 41.4 Å². The number of rotatable bonds is 16. The highest BCUT2D eigenvalue weighted by atomic mass is 32.2. The SMILES string of the molecule is CCCC[C@@H]1NC(=O)N([C@@H](CSC2C[C@@H](C(N)=O)NC(=O)[C@H](Cc3c[nH]c4ccccc34)NC(=O)[C@H](CC)NC(=O)[C@@H](Cc3ccccc3)NC2=O)C(=O)N[C@H](C)C(N)=O)C1=O. The van der Waals surface area contributed by atoms with Gasteiger partial charge < -0.3 is 48.4 Å². The van der Waals surface area contributed by atoms with Gasteiger partial charge in [-0.05, 0) is 43.4 Å². The van der Waals surface area contributed by atoms with Gasteiger partial charge in [0.25, 0.3) is 5.91 Å². The molecular weight excluding hydrogens is 821 g/mol. The number of amides is 10. The molecule has 8 atom stereocenters. The molecule has 2 saturated heterocycles.